The molecule has 0 aromatic heterocycles. The molecule has 0 saturated carbocycles. The van der Waals surface area contributed by atoms with Crippen molar-refractivity contribution < 1.29 is 0 Å². The molecule has 0 atom stereocenters. The van der Waals surface area contributed by atoms with Gasteiger partial charge in [0.1, 0.15) is 0 Å². The van der Waals surface area contributed by atoms with Crippen LogP contribution >= 0.6 is 46.4 Å². The van der Waals surface area contributed by atoms with Gasteiger partial charge in [-0.2, -0.15) is 0 Å². The van der Waals surface area contributed by atoms with Gasteiger partial charge in [0.05, 0.1) is 0 Å². The third kappa shape index (κ3) is 9.00. The SMILES string of the molecule is NC1CCN(Cc2cc(Cl)cc(Cl)c2)CC1.NC1CCN(Cc2cc(Cl)cc(Cl)c2)CC1. The van der Waals surface area contributed by atoms with E-state index in [1.807, 2.05) is 24.3 Å². The van der Waals surface area contributed by atoms with E-state index < -0.39 is 0 Å². The van der Waals surface area contributed by atoms with Crippen LogP contribution in [-0.4, -0.2) is 48.1 Å². The Morgan fingerprint density at radius 3 is 1.12 bits per heavy atom. The minimum Gasteiger partial charge on any atom is -0.328 e. The summed E-state index contributed by atoms with van der Waals surface area (Å²) >= 11 is 23.9. The fourth-order valence-corrected chi connectivity index (χ4v) is 5.29. The van der Waals surface area contributed by atoms with Crippen LogP contribution in [0, 0.1) is 0 Å². The first kappa shape index (κ1) is 26.1. The average Bonchev–Trinajstić information content (AvgIpc) is 2.71. The van der Waals surface area contributed by atoms with E-state index in [0.717, 1.165) is 65.0 Å². The number of benzene rings is 2. The second-order valence-corrected chi connectivity index (χ2v) is 10.5. The molecular weight excluding hydrogens is 486 g/mol. The topological polar surface area (TPSA) is 58.5 Å². The van der Waals surface area contributed by atoms with Gasteiger partial charge in [0.2, 0.25) is 0 Å². The van der Waals surface area contributed by atoms with Crippen LogP contribution in [0.5, 0.6) is 0 Å². The van der Waals surface area contributed by atoms with E-state index in [2.05, 4.69) is 9.80 Å². The summed E-state index contributed by atoms with van der Waals surface area (Å²) < 4.78 is 0. The van der Waals surface area contributed by atoms with Gasteiger partial charge in [0.15, 0.2) is 0 Å². The molecule has 32 heavy (non-hydrogen) atoms. The molecule has 2 aromatic carbocycles. The highest BCUT2D eigenvalue weighted by atomic mass is 35.5. The molecule has 0 spiro atoms. The van der Waals surface area contributed by atoms with Gasteiger partial charge in [0.25, 0.3) is 0 Å². The largest absolute Gasteiger partial charge is 0.328 e. The zero-order chi connectivity index (χ0) is 23.1. The van der Waals surface area contributed by atoms with Crippen LogP contribution in [0.4, 0.5) is 0 Å². The number of nitrogens with two attached hydrogens (primary N) is 2. The monoisotopic (exact) mass is 516 g/mol. The van der Waals surface area contributed by atoms with Gasteiger partial charge in [0, 0.05) is 45.3 Å². The Kier molecular flexibility index (Phi) is 10.4. The van der Waals surface area contributed by atoms with E-state index in [-0.39, 0.29) is 0 Å². The molecule has 2 aromatic rings. The fraction of sp³-hybridized carbons (Fsp3) is 0.500. The van der Waals surface area contributed by atoms with E-state index in [4.69, 9.17) is 57.9 Å². The smallest absolute Gasteiger partial charge is 0.0424 e. The summed E-state index contributed by atoms with van der Waals surface area (Å²) in [7, 11) is 0. The first-order valence-electron chi connectivity index (χ1n) is 11.1. The van der Waals surface area contributed by atoms with Crippen molar-refractivity contribution in [3.8, 4) is 0 Å². The van der Waals surface area contributed by atoms with Gasteiger partial charge in [-0.3, -0.25) is 9.80 Å². The first-order chi connectivity index (χ1) is 15.3. The van der Waals surface area contributed by atoms with Gasteiger partial charge in [-0.1, -0.05) is 46.4 Å². The van der Waals surface area contributed by atoms with Crippen LogP contribution in [0.3, 0.4) is 0 Å². The van der Waals surface area contributed by atoms with Crippen molar-refractivity contribution in [3.63, 3.8) is 0 Å². The summed E-state index contributed by atoms with van der Waals surface area (Å²) in [6.45, 7) is 6.06. The van der Waals surface area contributed by atoms with Crippen molar-refractivity contribution in [2.45, 2.75) is 50.9 Å². The molecule has 4 nitrogen and oxygen atoms in total. The minimum absolute atomic E-state index is 0.374. The lowest BCUT2D eigenvalue weighted by Crippen LogP contribution is -2.39. The van der Waals surface area contributed by atoms with Crippen molar-refractivity contribution in [2.75, 3.05) is 26.2 Å². The number of nitrogens with zero attached hydrogens (tertiary/aromatic N) is 2. The van der Waals surface area contributed by atoms with Crippen molar-refractivity contribution in [2.24, 2.45) is 11.5 Å². The highest BCUT2D eigenvalue weighted by molar-refractivity contribution is 6.35. The Bertz CT molecular complexity index is 751. The van der Waals surface area contributed by atoms with Crippen molar-refractivity contribution >= 4 is 46.4 Å². The second-order valence-electron chi connectivity index (χ2n) is 8.78. The molecule has 8 heteroatoms. The summed E-state index contributed by atoms with van der Waals surface area (Å²) in [4.78, 5) is 4.79. The summed E-state index contributed by atoms with van der Waals surface area (Å²) in [5, 5.41) is 2.82. The zero-order valence-corrected chi connectivity index (χ0v) is 21.3. The molecule has 0 amide bonds. The number of hydrogen-bond donors (Lipinski definition) is 2. The maximum atomic E-state index is 5.97. The molecule has 0 bridgehead atoms. The van der Waals surface area contributed by atoms with E-state index >= 15 is 0 Å². The van der Waals surface area contributed by atoms with Crippen molar-refractivity contribution in [3.05, 3.63) is 67.6 Å². The zero-order valence-electron chi connectivity index (χ0n) is 18.3. The van der Waals surface area contributed by atoms with Gasteiger partial charge < -0.3 is 11.5 Å². The van der Waals surface area contributed by atoms with Crippen LogP contribution in [-0.2, 0) is 13.1 Å². The lowest BCUT2D eigenvalue weighted by atomic mass is 10.1. The van der Waals surface area contributed by atoms with Crippen LogP contribution in [0.2, 0.25) is 20.1 Å². The van der Waals surface area contributed by atoms with E-state index in [1.165, 1.54) is 11.1 Å². The molecule has 176 valence electrons. The Hall–Kier alpha value is -0.560. The molecule has 2 fully saturated rings. The maximum Gasteiger partial charge on any atom is 0.0424 e. The van der Waals surface area contributed by atoms with Crippen LogP contribution in [0.15, 0.2) is 36.4 Å². The predicted molar refractivity (Wildman–Crippen MR) is 138 cm³/mol. The fourth-order valence-electron chi connectivity index (χ4n) is 4.14. The average molecular weight is 518 g/mol. The van der Waals surface area contributed by atoms with Crippen molar-refractivity contribution in [1.82, 2.24) is 9.80 Å². The Balaban J connectivity index is 0.000000181. The van der Waals surface area contributed by atoms with E-state index in [9.17, 15) is 0 Å². The number of rotatable bonds is 4. The Labute approximate surface area is 211 Å². The highest BCUT2D eigenvalue weighted by Gasteiger charge is 2.17. The standard InChI is InChI=1S/2C12H16Cl2N2/c2*13-10-5-9(6-11(14)7-10)8-16-3-1-12(15)2-4-16/h2*5-7,12H,1-4,8,15H2. The van der Waals surface area contributed by atoms with Gasteiger partial charge in [-0.15, -0.1) is 0 Å². The lowest BCUT2D eigenvalue weighted by Gasteiger charge is -2.30. The quantitative estimate of drug-likeness (QED) is 0.535. The maximum absolute atomic E-state index is 5.97. The molecule has 0 radical (unpaired) electrons. The van der Waals surface area contributed by atoms with Crippen molar-refractivity contribution in [1.29, 1.82) is 0 Å². The molecule has 2 aliphatic heterocycles. The van der Waals surface area contributed by atoms with Crippen LogP contribution in [0.1, 0.15) is 36.8 Å². The molecule has 4 N–H and O–H groups in total. The minimum atomic E-state index is 0.374. The lowest BCUT2D eigenvalue weighted by molar-refractivity contribution is 0.205. The van der Waals surface area contributed by atoms with Gasteiger partial charge in [-0.05, 0) is 99.4 Å². The summed E-state index contributed by atoms with van der Waals surface area (Å²) in [6.07, 6.45) is 4.31. The molecule has 0 aliphatic carbocycles. The first-order valence-corrected chi connectivity index (χ1v) is 12.6. The molecule has 2 saturated heterocycles. The van der Waals surface area contributed by atoms with Crippen LogP contribution < -0.4 is 11.5 Å². The highest BCUT2D eigenvalue weighted by Crippen LogP contribution is 2.22. The third-order valence-corrected chi connectivity index (χ3v) is 6.79. The van der Waals surface area contributed by atoms with Gasteiger partial charge >= 0.3 is 0 Å². The molecule has 0 unspecified atom stereocenters. The number of likely N-dealkylation sites (tertiary alicyclic amines) is 2. The molecule has 2 heterocycles. The predicted octanol–water partition coefficient (Wildman–Crippen LogP) is 5.83. The van der Waals surface area contributed by atoms with Gasteiger partial charge in [-0.25, -0.2) is 0 Å². The molecule has 4 rings (SSSR count). The number of hydrogen-bond acceptors (Lipinski definition) is 4. The summed E-state index contributed by atoms with van der Waals surface area (Å²) in [5.41, 5.74) is 14.1. The number of halogens is 4. The summed E-state index contributed by atoms with van der Waals surface area (Å²) in [5.74, 6) is 0. The Morgan fingerprint density at radius 1 is 0.562 bits per heavy atom. The van der Waals surface area contributed by atoms with E-state index in [1.54, 1.807) is 12.1 Å². The number of piperidine rings is 2. The third-order valence-electron chi connectivity index (χ3n) is 5.92. The second kappa shape index (κ2) is 12.8. The molecular formula is C24H32Cl4N4. The Morgan fingerprint density at radius 2 is 0.844 bits per heavy atom. The van der Waals surface area contributed by atoms with E-state index in [0.29, 0.717) is 32.2 Å². The molecule has 2 aliphatic rings. The normalized spacial score (nSPS) is 18.9. The summed E-state index contributed by atoms with van der Waals surface area (Å²) in [6, 6.07) is 12.2. The van der Waals surface area contributed by atoms with Crippen LogP contribution in [0.25, 0.3) is 0 Å².